The van der Waals surface area contributed by atoms with Gasteiger partial charge < -0.3 is 10.7 Å². The largest absolute Gasteiger partial charge is 0.397 e. The van der Waals surface area contributed by atoms with Crippen LogP contribution in [-0.2, 0) is 0 Å². The van der Waals surface area contributed by atoms with Gasteiger partial charge in [0.2, 0.25) is 0 Å². The van der Waals surface area contributed by atoms with Crippen molar-refractivity contribution in [1.82, 2.24) is 30.1 Å². The minimum atomic E-state index is 0.605. The van der Waals surface area contributed by atoms with Crippen LogP contribution in [0.3, 0.4) is 0 Å². The summed E-state index contributed by atoms with van der Waals surface area (Å²) in [4.78, 5) is 16.5. The van der Waals surface area contributed by atoms with E-state index in [1.165, 1.54) is 0 Å². The van der Waals surface area contributed by atoms with E-state index in [0.717, 1.165) is 44.7 Å². The maximum absolute atomic E-state index is 5.83. The molecule has 0 spiro atoms. The van der Waals surface area contributed by atoms with Crippen LogP contribution in [-0.4, -0.2) is 30.1 Å². The Morgan fingerprint density at radius 2 is 2.00 bits per heavy atom. The van der Waals surface area contributed by atoms with Crippen molar-refractivity contribution in [2.75, 3.05) is 5.73 Å². The summed E-state index contributed by atoms with van der Waals surface area (Å²) in [6, 6.07) is 11.7. The molecule has 0 amide bonds. The Labute approximate surface area is 142 Å². The number of hydrogen-bond acceptors (Lipinski definition) is 5. The van der Waals surface area contributed by atoms with Gasteiger partial charge in [-0.2, -0.15) is 5.10 Å². The second kappa shape index (κ2) is 5.13. The first-order valence-corrected chi connectivity index (χ1v) is 7.78. The van der Waals surface area contributed by atoms with E-state index in [4.69, 9.17) is 10.7 Å². The standard InChI is InChI=1S/C18H13N7/c19-12-6-11(8-20-9-12)13-3-4-14-16(22-13)17(25-24-14)15-7-10-2-1-5-21-18(10)23-15/h1-9H,19H2,(H,21,23)(H,24,25). The van der Waals surface area contributed by atoms with Crippen LogP contribution in [0.2, 0.25) is 0 Å². The molecule has 0 unspecified atom stereocenters. The molecule has 0 aliphatic carbocycles. The maximum atomic E-state index is 5.83. The lowest BCUT2D eigenvalue weighted by molar-refractivity contribution is 1.12. The van der Waals surface area contributed by atoms with Gasteiger partial charge in [-0.05, 0) is 36.4 Å². The molecule has 0 bridgehead atoms. The molecule has 0 aliphatic heterocycles. The normalized spacial score (nSPS) is 11.4. The molecule has 5 aromatic rings. The number of nitrogens with two attached hydrogens (primary N) is 1. The predicted molar refractivity (Wildman–Crippen MR) is 96.6 cm³/mol. The van der Waals surface area contributed by atoms with Gasteiger partial charge >= 0.3 is 0 Å². The van der Waals surface area contributed by atoms with Crippen LogP contribution in [0.15, 0.2) is 55.0 Å². The van der Waals surface area contributed by atoms with E-state index in [-0.39, 0.29) is 0 Å². The van der Waals surface area contributed by atoms with Crippen molar-refractivity contribution in [3.63, 3.8) is 0 Å². The second-order valence-corrected chi connectivity index (χ2v) is 5.80. The number of aromatic nitrogens is 6. The SMILES string of the molecule is Nc1cncc(-c2ccc3[nH]nc(-c4cc5cccnc5[nH]4)c3n2)c1. The van der Waals surface area contributed by atoms with Gasteiger partial charge in [0.15, 0.2) is 0 Å². The highest BCUT2D eigenvalue weighted by Gasteiger charge is 2.14. The van der Waals surface area contributed by atoms with Crippen LogP contribution in [0.5, 0.6) is 0 Å². The Kier molecular flexibility index (Phi) is 2.81. The zero-order chi connectivity index (χ0) is 16.8. The number of rotatable bonds is 2. The van der Waals surface area contributed by atoms with Crippen molar-refractivity contribution >= 4 is 27.8 Å². The van der Waals surface area contributed by atoms with E-state index in [2.05, 4.69) is 25.1 Å². The molecule has 7 nitrogen and oxygen atoms in total. The molecule has 0 aliphatic rings. The highest BCUT2D eigenvalue weighted by atomic mass is 15.1. The number of hydrogen-bond donors (Lipinski definition) is 3. The molecule has 25 heavy (non-hydrogen) atoms. The Morgan fingerprint density at radius 3 is 2.88 bits per heavy atom. The molecule has 4 N–H and O–H groups in total. The zero-order valence-electron chi connectivity index (χ0n) is 13.1. The van der Waals surface area contributed by atoms with Crippen molar-refractivity contribution < 1.29 is 0 Å². The van der Waals surface area contributed by atoms with Crippen LogP contribution in [0.4, 0.5) is 5.69 Å². The summed E-state index contributed by atoms with van der Waals surface area (Å²) < 4.78 is 0. The average Bonchev–Trinajstić information content (AvgIpc) is 3.24. The minimum Gasteiger partial charge on any atom is -0.397 e. The monoisotopic (exact) mass is 327 g/mol. The minimum absolute atomic E-state index is 0.605. The third-order valence-electron chi connectivity index (χ3n) is 4.11. The fourth-order valence-electron chi connectivity index (χ4n) is 2.93. The number of fused-ring (bicyclic) bond motifs is 2. The highest BCUT2D eigenvalue weighted by molar-refractivity contribution is 5.93. The van der Waals surface area contributed by atoms with Crippen molar-refractivity contribution in [2.45, 2.75) is 0 Å². The number of nitrogen functional groups attached to an aromatic ring is 1. The quantitative estimate of drug-likeness (QED) is 0.461. The lowest BCUT2D eigenvalue weighted by atomic mass is 10.1. The molecular formula is C18H13N7. The lowest BCUT2D eigenvalue weighted by Crippen LogP contribution is -1.90. The molecule has 0 radical (unpaired) electrons. The van der Waals surface area contributed by atoms with Crippen LogP contribution >= 0.6 is 0 Å². The molecule has 0 fully saturated rings. The lowest BCUT2D eigenvalue weighted by Gasteiger charge is -2.02. The average molecular weight is 327 g/mol. The molecule has 0 aromatic carbocycles. The summed E-state index contributed by atoms with van der Waals surface area (Å²) in [7, 11) is 0. The van der Waals surface area contributed by atoms with Crippen LogP contribution in [0.1, 0.15) is 0 Å². The Hall–Kier alpha value is -3.74. The Morgan fingerprint density at radius 1 is 1.04 bits per heavy atom. The fourth-order valence-corrected chi connectivity index (χ4v) is 2.93. The van der Waals surface area contributed by atoms with Crippen molar-refractivity contribution in [3.8, 4) is 22.6 Å². The molecule has 120 valence electrons. The zero-order valence-corrected chi connectivity index (χ0v) is 13.1. The van der Waals surface area contributed by atoms with Crippen molar-refractivity contribution in [2.24, 2.45) is 0 Å². The first-order valence-electron chi connectivity index (χ1n) is 7.78. The summed E-state index contributed by atoms with van der Waals surface area (Å²) in [5.74, 6) is 0. The molecular weight excluding hydrogens is 314 g/mol. The second-order valence-electron chi connectivity index (χ2n) is 5.80. The van der Waals surface area contributed by atoms with Crippen molar-refractivity contribution in [1.29, 1.82) is 0 Å². The first-order chi connectivity index (χ1) is 12.3. The molecule has 0 saturated heterocycles. The van der Waals surface area contributed by atoms with Gasteiger partial charge in [0, 0.05) is 29.5 Å². The summed E-state index contributed by atoms with van der Waals surface area (Å²) in [5.41, 5.74) is 12.2. The maximum Gasteiger partial charge on any atom is 0.137 e. The van der Waals surface area contributed by atoms with Gasteiger partial charge in [-0.25, -0.2) is 9.97 Å². The molecule has 7 heteroatoms. The van der Waals surface area contributed by atoms with E-state index in [1.54, 1.807) is 18.6 Å². The van der Waals surface area contributed by atoms with Gasteiger partial charge in [0.1, 0.15) is 16.9 Å². The van der Waals surface area contributed by atoms with Gasteiger partial charge in [-0.15, -0.1) is 0 Å². The number of pyridine rings is 3. The van der Waals surface area contributed by atoms with Crippen molar-refractivity contribution in [3.05, 3.63) is 55.0 Å². The van der Waals surface area contributed by atoms with Gasteiger partial charge in [-0.3, -0.25) is 10.1 Å². The van der Waals surface area contributed by atoms with Gasteiger partial charge in [0.05, 0.1) is 22.6 Å². The van der Waals surface area contributed by atoms with Gasteiger partial charge in [0.25, 0.3) is 0 Å². The number of anilines is 1. The van der Waals surface area contributed by atoms with Crippen LogP contribution in [0, 0.1) is 0 Å². The van der Waals surface area contributed by atoms with E-state index in [0.29, 0.717) is 5.69 Å². The third kappa shape index (κ3) is 2.21. The molecule has 0 atom stereocenters. The predicted octanol–water partition coefficient (Wildman–Crippen LogP) is 3.15. The molecule has 5 heterocycles. The number of aromatic amines is 2. The Balaban J connectivity index is 1.70. The van der Waals surface area contributed by atoms with Crippen LogP contribution < -0.4 is 5.73 Å². The molecule has 5 rings (SSSR count). The molecule has 5 aromatic heterocycles. The molecule has 0 saturated carbocycles. The van der Waals surface area contributed by atoms with E-state index in [9.17, 15) is 0 Å². The number of nitrogens with one attached hydrogen (secondary N) is 2. The summed E-state index contributed by atoms with van der Waals surface area (Å²) >= 11 is 0. The smallest absolute Gasteiger partial charge is 0.137 e. The highest BCUT2D eigenvalue weighted by Crippen LogP contribution is 2.29. The third-order valence-corrected chi connectivity index (χ3v) is 4.11. The first kappa shape index (κ1) is 13.7. The van der Waals surface area contributed by atoms with Crippen LogP contribution in [0.25, 0.3) is 44.7 Å². The van der Waals surface area contributed by atoms with Gasteiger partial charge in [-0.1, -0.05) is 0 Å². The summed E-state index contributed by atoms with van der Waals surface area (Å²) in [6.45, 7) is 0. The number of H-pyrrole nitrogens is 2. The van der Waals surface area contributed by atoms with E-state index < -0.39 is 0 Å². The Bertz CT molecular complexity index is 1190. The topological polar surface area (TPSA) is 109 Å². The fraction of sp³-hybridized carbons (Fsp3) is 0. The number of nitrogens with zero attached hydrogens (tertiary/aromatic N) is 4. The summed E-state index contributed by atoms with van der Waals surface area (Å²) in [5, 5.41) is 8.49. The van der Waals surface area contributed by atoms with E-state index in [1.807, 2.05) is 36.4 Å². The van der Waals surface area contributed by atoms with E-state index >= 15 is 0 Å². The summed E-state index contributed by atoms with van der Waals surface area (Å²) in [6.07, 6.45) is 5.12.